The Hall–Kier alpha value is -1.91. The van der Waals surface area contributed by atoms with Gasteiger partial charge in [0.05, 0.1) is 5.57 Å². The second-order valence-corrected chi connectivity index (χ2v) is 4.08. The van der Waals surface area contributed by atoms with Gasteiger partial charge in [-0.2, -0.15) is 13.2 Å². The average molecular weight is 254 g/mol. The highest BCUT2D eigenvalue weighted by atomic mass is 19.4. The molecular weight excluding hydrogens is 241 g/mol. The van der Waals surface area contributed by atoms with Crippen molar-refractivity contribution < 1.29 is 13.2 Å². The standard InChI is InChI=1S/C13H13F3N2/c14-13(15,16)11-3-1-2-4-12(11)18-10-7-5-9(17)6-8-10/h2,4-8,18H,1,3,17H2. The Morgan fingerprint density at radius 1 is 1.11 bits per heavy atom. The Morgan fingerprint density at radius 2 is 1.78 bits per heavy atom. The van der Waals surface area contributed by atoms with E-state index >= 15 is 0 Å². The van der Waals surface area contributed by atoms with E-state index in [1.54, 1.807) is 30.3 Å². The molecule has 0 aliphatic heterocycles. The van der Waals surface area contributed by atoms with Gasteiger partial charge in [0, 0.05) is 17.1 Å². The molecular formula is C13H13F3N2. The molecule has 1 aliphatic carbocycles. The lowest BCUT2D eigenvalue weighted by atomic mass is 10.0. The van der Waals surface area contributed by atoms with E-state index in [1.807, 2.05) is 0 Å². The van der Waals surface area contributed by atoms with Crippen LogP contribution in [-0.2, 0) is 0 Å². The van der Waals surface area contributed by atoms with Crippen molar-refractivity contribution in [1.82, 2.24) is 0 Å². The molecule has 0 fully saturated rings. The minimum atomic E-state index is -4.29. The number of benzene rings is 1. The largest absolute Gasteiger partial charge is 0.414 e. The molecule has 0 spiro atoms. The summed E-state index contributed by atoms with van der Waals surface area (Å²) in [6, 6.07) is 6.59. The molecule has 0 unspecified atom stereocenters. The Kier molecular flexibility index (Phi) is 3.32. The van der Waals surface area contributed by atoms with Gasteiger partial charge >= 0.3 is 6.18 Å². The van der Waals surface area contributed by atoms with E-state index < -0.39 is 11.7 Å². The number of hydrogen-bond donors (Lipinski definition) is 2. The van der Waals surface area contributed by atoms with Gasteiger partial charge in [-0.25, -0.2) is 0 Å². The molecule has 0 amide bonds. The fourth-order valence-corrected chi connectivity index (χ4v) is 1.80. The second-order valence-electron chi connectivity index (χ2n) is 4.08. The zero-order valence-electron chi connectivity index (χ0n) is 9.59. The maximum atomic E-state index is 12.8. The maximum absolute atomic E-state index is 12.8. The van der Waals surface area contributed by atoms with E-state index in [9.17, 15) is 13.2 Å². The Balaban J connectivity index is 2.27. The van der Waals surface area contributed by atoms with Crippen LogP contribution < -0.4 is 11.1 Å². The van der Waals surface area contributed by atoms with Crippen molar-refractivity contribution in [2.24, 2.45) is 0 Å². The van der Waals surface area contributed by atoms with Crippen molar-refractivity contribution in [1.29, 1.82) is 0 Å². The molecule has 2 nitrogen and oxygen atoms in total. The normalized spacial score (nSPS) is 15.9. The maximum Gasteiger partial charge on any atom is 0.414 e. The third-order valence-corrected chi connectivity index (χ3v) is 2.70. The molecule has 1 aliphatic rings. The molecule has 0 saturated heterocycles. The Morgan fingerprint density at radius 3 is 2.39 bits per heavy atom. The van der Waals surface area contributed by atoms with Gasteiger partial charge in [0.15, 0.2) is 0 Å². The fraction of sp³-hybridized carbons (Fsp3) is 0.231. The van der Waals surface area contributed by atoms with Crippen LogP contribution in [0, 0.1) is 0 Å². The van der Waals surface area contributed by atoms with E-state index in [-0.39, 0.29) is 12.1 Å². The molecule has 2 rings (SSSR count). The number of hydrogen-bond acceptors (Lipinski definition) is 2. The molecule has 1 aromatic rings. The summed E-state index contributed by atoms with van der Waals surface area (Å²) >= 11 is 0. The van der Waals surface area contributed by atoms with E-state index in [0.29, 0.717) is 17.8 Å². The first-order chi connectivity index (χ1) is 8.47. The predicted octanol–water partition coefficient (Wildman–Crippen LogP) is 3.85. The summed E-state index contributed by atoms with van der Waals surface area (Å²) in [5, 5.41) is 2.78. The molecule has 0 atom stereocenters. The van der Waals surface area contributed by atoms with Crippen LogP contribution in [0.15, 0.2) is 47.7 Å². The first-order valence-corrected chi connectivity index (χ1v) is 5.56. The molecule has 0 aromatic heterocycles. The fourth-order valence-electron chi connectivity index (χ4n) is 1.80. The third kappa shape index (κ3) is 2.85. The molecule has 0 radical (unpaired) electrons. The number of alkyl halides is 3. The number of nitrogens with two attached hydrogens (primary N) is 1. The quantitative estimate of drug-likeness (QED) is 0.787. The highest BCUT2D eigenvalue weighted by Crippen LogP contribution is 2.34. The molecule has 0 saturated carbocycles. The summed E-state index contributed by atoms with van der Waals surface area (Å²) in [5.41, 5.74) is 6.28. The van der Waals surface area contributed by atoms with E-state index in [1.165, 1.54) is 6.08 Å². The predicted molar refractivity (Wildman–Crippen MR) is 65.9 cm³/mol. The lowest BCUT2D eigenvalue weighted by Crippen LogP contribution is -2.18. The van der Waals surface area contributed by atoms with Crippen molar-refractivity contribution in [2.45, 2.75) is 19.0 Å². The highest BCUT2D eigenvalue weighted by molar-refractivity contribution is 5.57. The number of halogens is 3. The van der Waals surface area contributed by atoms with Crippen LogP contribution in [0.5, 0.6) is 0 Å². The van der Waals surface area contributed by atoms with Crippen LogP contribution in [0.2, 0.25) is 0 Å². The van der Waals surface area contributed by atoms with Crippen LogP contribution in [-0.4, -0.2) is 6.18 Å². The number of nitrogens with one attached hydrogen (secondary N) is 1. The van der Waals surface area contributed by atoms with Crippen molar-refractivity contribution in [3.8, 4) is 0 Å². The topological polar surface area (TPSA) is 38.0 Å². The molecule has 0 heterocycles. The van der Waals surface area contributed by atoms with Crippen LogP contribution in [0.25, 0.3) is 0 Å². The van der Waals surface area contributed by atoms with Gasteiger partial charge in [0.2, 0.25) is 0 Å². The summed E-state index contributed by atoms with van der Waals surface area (Å²) < 4.78 is 38.4. The van der Waals surface area contributed by atoms with E-state index in [4.69, 9.17) is 5.73 Å². The number of nitrogen functional groups attached to an aromatic ring is 1. The van der Waals surface area contributed by atoms with Crippen LogP contribution in [0.4, 0.5) is 24.5 Å². The van der Waals surface area contributed by atoms with Crippen molar-refractivity contribution in [3.63, 3.8) is 0 Å². The lowest BCUT2D eigenvalue weighted by molar-refractivity contribution is -0.0946. The highest BCUT2D eigenvalue weighted by Gasteiger charge is 2.36. The number of rotatable bonds is 2. The molecule has 96 valence electrons. The van der Waals surface area contributed by atoms with E-state index in [2.05, 4.69) is 5.32 Å². The van der Waals surface area contributed by atoms with Crippen molar-refractivity contribution in [2.75, 3.05) is 11.1 Å². The summed E-state index contributed by atoms with van der Waals surface area (Å²) in [5.74, 6) is 0. The zero-order valence-corrected chi connectivity index (χ0v) is 9.59. The summed E-state index contributed by atoms with van der Waals surface area (Å²) in [7, 11) is 0. The molecule has 5 heteroatoms. The van der Waals surface area contributed by atoms with Gasteiger partial charge in [-0.05, 0) is 43.2 Å². The van der Waals surface area contributed by atoms with Gasteiger partial charge in [-0.1, -0.05) is 6.08 Å². The minimum absolute atomic E-state index is 0.0112. The number of allylic oxidation sites excluding steroid dienone is 3. The van der Waals surface area contributed by atoms with Crippen LogP contribution in [0.3, 0.4) is 0 Å². The van der Waals surface area contributed by atoms with Crippen LogP contribution in [0.1, 0.15) is 12.8 Å². The van der Waals surface area contributed by atoms with Gasteiger partial charge in [0.1, 0.15) is 0 Å². The molecule has 3 N–H and O–H groups in total. The van der Waals surface area contributed by atoms with Gasteiger partial charge < -0.3 is 11.1 Å². The monoisotopic (exact) mass is 254 g/mol. The Labute approximate surface area is 103 Å². The zero-order chi connectivity index (χ0) is 13.2. The Bertz CT molecular complexity index is 484. The van der Waals surface area contributed by atoms with Crippen molar-refractivity contribution >= 4 is 11.4 Å². The molecule has 0 bridgehead atoms. The van der Waals surface area contributed by atoms with Gasteiger partial charge in [-0.15, -0.1) is 0 Å². The molecule has 18 heavy (non-hydrogen) atoms. The minimum Gasteiger partial charge on any atom is -0.399 e. The van der Waals surface area contributed by atoms with Crippen LogP contribution >= 0.6 is 0 Å². The first-order valence-electron chi connectivity index (χ1n) is 5.56. The summed E-state index contributed by atoms with van der Waals surface area (Å²) in [6.07, 6.45) is -0.655. The van der Waals surface area contributed by atoms with Gasteiger partial charge in [0.25, 0.3) is 0 Å². The smallest absolute Gasteiger partial charge is 0.399 e. The van der Waals surface area contributed by atoms with Crippen molar-refractivity contribution in [3.05, 3.63) is 47.7 Å². The SMILES string of the molecule is Nc1ccc(NC2=C(C(F)(F)F)CCC=C2)cc1. The third-order valence-electron chi connectivity index (χ3n) is 2.70. The first kappa shape index (κ1) is 12.5. The lowest BCUT2D eigenvalue weighted by Gasteiger charge is -2.19. The number of anilines is 2. The summed E-state index contributed by atoms with van der Waals surface area (Å²) in [6.45, 7) is 0. The second kappa shape index (κ2) is 4.76. The average Bonchev–Trinajstić information content (AvgIpc) is 2.31. The molecule has 1 aromatic carbocycles. The van der Waals surface area contributed by atoms with Gasteiger partial charge in [-0.3, -0.25) is 0 Å². The van der Waals surface area contributed by atoms with E-state index in [0.717, 1.165) is 0 Å². The summed E-state index contributed by atoms with van der Waals surface area (Å²) in [4.78, 5) is 0.